The van der Waals surface area contributed by atoms with E-state index in [0.717, 1.165) is 18.4 Å². The van der Waals surface area contributed by atoms with Crippen molar-refractivity contribution in [2.24, 2.45) is 0 Å². The van der Waals surface area contributed by atoms with Crippen LogP contribution in [0.15, 0.2) is 35.4 Å². The molecule has 0 unspecified atom stereocenters. The number of hydrogen-bond acceptors (Lipinski definition) is 2. The Hall–Kier alpha value is -1.10. The van der Waals surface area contributed by atoms with Crippen molar-refractivity contribution in [1.29, 1.82) is 0 Å². The van der Waals surface area contributed by atoms with Gasteiger partial charge in [-0.3, -0.25) is 0 Å². The van der Waals surface area contributed by atoms with Gasteiger partial charge in [-0.15, -0.1) is 0 Å². The van der Waals surface area contributed by atoms with Crippen LogP contribution in [0.3, 0.4) is 0 Å². The van der Waals surface area contributed by atoms with Crippen LogP contribution in [0.4, 0.5) is 0 Å². The zero-order chi connectivity index (χ0) is 15.1. The van der Waals surface area contributed by atoms with Gasteiger partial charge >= 0.3 is 18.9 Å². The van der Waals surface area contributed by atoms with Gasteiger partial charge in [-0.05, 0) is 52.2 Å². The summed E-state index contributed by atoms with van der Waals surface area (Å²) in [7, 11) is 0. The molecule has 0 aliphatic rings. The molecule has 2 N–H and O–H groups in total. The van der Waals surface area contributed by atoms with Crippen molar-refractivity contribution in [1.82, 2.24) is 0 Å². The first-order chi connectivity index (χ1) is 9.43. The van der Waals surface area contributed by atoms with Crippen molar-refractivity contribution in [3.05, 3.63) is 53.5 Å². The Morgan fingerprint density at radius 2 is 1.67 bits per heavy atom. The van der Waals surface area contributed by atoms with E-state index in [-0.39, 0.29) is 30.4 Å². The van der Waals surface area contributed by atoms with Gasteiger partial charge in [-0.25, -0.2) is 0 Å². The number of hydrogen-bond donors (Lipinski definition) is 2. The molecule has 2 nitrogen and oxygen atoms in total. The molecule has 0 saturated carbocycles. The second-order valence-electron chi connectivity index (χ2n) is 5.44. The molecule has 0 aliphatic carbocycles. The molecule has 1 aromatic carbocycles. The predicted octanol–water partition coefficient (Wildman–Crippen LogP) is 1.71. The van der Waals surface area contributed by atoms with Gasteiger partial charge in [0.1, 0.15) is 11.5 Å². The fraction of sp³-hybridized carbons (Fsp3) is 0.389. The maximum Gasteiger partial charge on any atom is 1.00 e. The summed E-state index contributed by atoms with van der Waals surface area (Å²) in [4.78, 5) is 0. The molecule has 0 aromatic heterocycles. The summed E-state index contributed by atoms with van der Waals surface area (Å²) in [6.07, 6.45) is 7.42. The zero-order valence-corrected chi connectivity index (χ0v) is 13.7. The van der Waals surface area contributed by atoms with Gasteiger partial charge in [0.25, 0.3) is 0 Å². The third kappa shape index (κ3) is 6.93. The predicted molar refractivity (Wildman–Crippen MR) is 85.0 cm³/mol. The molecule has 0 atom stereocenters. The SMILES string of the molecule is [CH2-]Cc1cc(O)c(C/C=C(\C)CCC=C(C)C)c(O)c1.[Li+]. The van der Waals surface area contributed by atoms with Crippen LogP contribution in [0.1, 0.15) is 44.7 Å². The molecule has 3 heteroatoms. The smallest absolute Gasteiger partial charge is 0.508 e. The Balaban J connectivity index is 0.00000400. The van der Waals surface area contributed by atoms with Crippen LogP contribution in [0, 0.1) is 6.92 Å². The van der Waals surface area contributed by atoms with Crippen LogP contribution >= 0.6 is 0 Å². The Labute approximate surface area is 140 Å². The molecule has 0 radical (unpaired) electrons. The summed E-state index contributed by atoms with van der Waals surface area (Å²) in [6.45, 7) is 10.0. The molecule has 0 spiro atoms. The maximum atomic E-state index is 9.94. The zero-order valence-electron chi connectivity index (χ0n) is 13.7. The average Bonchev–Trinajstić information content (AvgIpc) is 2.36. The molecule has 1 rings (SSSR count). The normalized spacial score (nSPS) is 11.0. The first-order valence-electron chi connectivity index (χ1n) is 7.06. The van der Waals surface area contributed by atoms with Crippen molar-refractivity contribution >= 4 is 0 Å². The van der Waals surface area contributed by atoms with Gasteiger partial charge in [0, 0.05) is 5.56 Å². The maximum absolute atomic E-state index is 9.94. The standard InChI is InChI=1S/C18H25O2.Li/c1-5-15-11-17(19)16(18(20)12-15)10-9-14(4)8-6-7-13(2)3;/h7,9,11-12,19-20H,1,5-6,8,10H2,2-4H3;/q-1;+1/b14-9+;. The van der Waals surface area contributed by atoms with Crippen LogP contribution in [-0.2, 0) is 12.8 Å². The number of allylic oxidation sites excluding steroid dienone is 4. The van der Waals surface area contributed by atoms with Gasteiger partial charge in [0.2, 0.25) is 0 Å². The van der Waals surface area contributed by atoms with Gasteiger partial charge in [-0.1, -0.05) is 28.9 Å². The third-order valence-electron chi connectivity index (χ3n) is 3.30. The van der Waals surface area contributed by atoms with Gasteiger partial charge in [-0.2, -0.15) is 6.42 Å². The Morgan fingerprint density at radius 3 is 2.14 bits per heavy atom. The minimum absolute atomic E-state index is 0. The summed E-state index contributed by atoms with van der Waals surface area (Å²) in [5.41, 5.74) is 4.02. The van der Waals surface area contributed by atoms with Crippen molar-refractivity contribution in [3.63, 3.8) is 0 Å². The van der Waals surface area contributed by atoms with E-state index in [0.29, 0.717) is 18.4 Å². The summed E-state index contributed by atoms with van der Waals surface area (Å²) in [5, 5.41) is 19.9. The average molecular weight is 280 g/mol. The van der Waals surface area contributed by atoms with E-state index in [1.54, 1.807) is 12.1 Å². The molecule has 0 aliphatic heterocycles. The van der Waals surface area contributed by atoms with E-state index >= 15 is 0 Å². The summed E-state index contributed by atoms with van der Waals surface area (Å²) < 4.78 is 0. The molecule has 0 heterocycles. The van der Waals surface area contributed by atoms with Crippen molar-refractivity contribution < 1.29 is 29.1 Å². The molecule has 110 valence electrons. The van der Waals surface area contributed by atoms with Crippen LogP contribution in [-0.4, -0.2) is 10.2 Å². The Bertz CT molecular complexity index is 489. The molecular formula is C18H25LiO2. The largest absolute Gasteiger partial charge is 1.00 e. The van der Waals surface area contributed by atoms with Crippen LogP contribution < -0.4 is 18.9 Å². The van der Waals surface area contributed by atoms with Crippen molar-refractivity contribution in [2.45, 2.75) is 46.5 Å². The third-order valence-corrected chi connectivity index (χ3v) is 3.30. The Morgan fingerprint density at radius 1 is 1.10 bits per heavy atom. The fourth-order valence-electron chi connectivity index (χ4n) is 2.02. The Kier molecular flexibility index (Phi) is 9.25. The van der Waals surface area contributed by atoms with E-state index in [2.05, 4.69) is 39.8 Å². The molecule has 0 bridgehead atoms. The summed E-state index contributed by atoms with van der Waals surface area (Å²) in [5.74, 6) is 0.300. The quantitative estimate of drug-likeness (QED) is 0.473. The second-order valence-corrected chi connectivity index (χ2v) is 5.44. The fourth-order valence-corrected chi connectivity index (χ4v) is 2.02. The molecule has 1 aromatic rings. The molecular weight excluding hydrogens is 255 g/mol. The van der Waals surface area contributed by atoms with Gasteiger partial charge in [0.15, 0.2) is 0 Å². The van der Waals surface area contributed by atoms with E-state index in [4.69, 9.17) is 0 Å². The summed E-state index contributed by atoms with van der Waals surface area (Å²) >= 11 is 0. The number of aromatic hydroxyl groups is 2. The number of benzene rings is 1. The van der Waals surface area contributed by atoms with Crippen LogP contribution in [0.2, 0.25) is 0 Å². The van der Waals surface area contributed by atoms with Crippen LogP contribution in [0.5, 0.6) is 11.5 Å². The minimum atomic E-state index is 0. The number of rotatable bonds is 6. The topological polar surface area (TPSA) is 40.5 Å². The molecule has 21 heavy (non-hydrogen) atoms. The van der Waals surface area contributed by atoms with E-state index in [1.807, 2.05) is 0 Å². The molecule has 0 fully saturated rings. The van der Waals surface area contributed by atoms with Gasteiger partial charge < -0.3 is 17.1 Å². The second kappa shape index (κ2) is 9.77. The van der Waals surface area contributed by atoms with Crippen molar-refractivity contribution in [2.75, 3.05) is 0 Å². The van der Waals surface area contributed by atoms with Crippen molar-refractivity contribution in [3.8, 4) is 11.5 Å². The minimum Gasteiger partial charge on any atom is -0.508 e. The first kappa shape index (κ1) is 19.9. The van der Waals surface area contributed by atoms with Gasteiger partial charge in [0.05, 0.1) is 0 Å². The number of phenolic OH excluding ortho intramolecular Hbond substituents is 2. The summed E-state index contributed by atoms with van der Waals surface area (Å²) in [6, 6.07) is 3.35. The van der Waals surface area contributed by atoms with E-state index in [9.17, 15) is 10.2 Å². The van der Waals surface area contributed by atoms with E-state index in [1.165, 1.54) is 11.1 Å². The van der Waals surface area contributed by atoms with E-state index < -0.39 is 0 Å². The molecule has 0 saturated heterocycles. The number of phenols is 2. The first-order valence-corrected chi connectivity index (χ1v) is 7.06. The van der Waals surface area contributed by atoms with Crippen LogP contribution in [0.25, 0.3) is 0 Å². The monoisotopic (exact) mass is 280 g/mol. The molecule has 0 amide bonds.